The SMILES string of the molecule is COc1ccccc1C(=O)N1CCC(C(N)=O)CC1. The Morgan fingerprint density at radius 3 is 2.47 bits per heavy atom. The van der Waals surface area contributed by atoms with Crippen LogP contribution >= 0.6 is 0 Å². The van der Waals surface area contributed by atoms with E-state index in [1.54, 1.807) is 24.1 Å². The zero-order valence-electron chi connectivity index (χ0n) is 11.0. The van der Waals surface area contributed by atoms with Crippen molar-refractivity contribution in [3.63, 3.8) is 0 Å². The highest BCUT2D eigenvalue weighted by Gasteiger charge is 2.27. The number of benzene rings is 1. The maximum atomic E-state index is 12.4. The first-order valence-electron chi connectivity index (χ1n) is 6.35. The van der Waals surface area contributed by atoms with Crippen molar-refractivity contribution in [3.8, 4) is 5.75 Å². The van der Waals surface area contributed by atoms with E-state index in [1.807, 2.05) is 12.1 Å². The van der Waals surface area contributed by atoms with Crippen LogP contribution in [0.4, 0.5) is 0 Å². The van der Waals surface area contributed by atoms with Crippen molar-refractivity contribution in [2.45, 2.75) is 12.8 Å². The minimum atomic E-state index is -0.274. The molecule has 5 nitrogen and oxygen atoms in total. The third-order valence-electron chi connectivity index (χ3n) is 3.52. The van der Waals surface area contributed by atoms with Gasteiger partial charge in [0.1, 0.15) is 5.75 Å². The quantitative estimate of drug-likeness (QED) is 0.884. The molecule has 0 radical (unpaired) electrons. The first-order chi connectivity index (χ1) is 9.13. The highest BCUT2D eigenvalue weighted by molar-refractivity contribution is 5.97. The van der Waals surface area contributed by atoms with E-state index in [0.29, 0.717) is 37.2 Å². The van der Waals surface area contributed by atoms with Crippen LogP contribution in [-0.4, -0.2) is 36.9 Å². The van der Waals surface area contributed by atoms with E-state index in [4.69, 9.17) is 10.5 Å². The number of nitrogens with zero attached hydrogens (tertiary/aromatic N) is 1. The molecule has 19 heavy (non-hydrogen) atoms. The summed E-state index contributed by atoms with van der Waals surface area (Å²) in [6.07, 6.45) is 1.27. The van der Waals surface area contributed by atoms with Gasteiger partial charge in [0, 0.05) is 19.0 Å². The van der Waals surface area contributed by atoms with Gasteiger partial charge in [-0.3, -0.25) is 9.59 Å². The fourth-order valence-corrected chi connectivity index (χ4v) is 2.36. The second kappa shape index (κ2) is 5.73. The number of methoxy groups -OCH3 is 1. The molecule has 0 bridgehead atoms. The molecule has 2 rings (SSSR count). The summed E-state index contributed by atoms with van der Waals surface area (Å²) in [5.74, 6) is 0.135. The van der Waals surface area contributed by atoms with Crippen molar-refractivity contribution in [2.75, 3.05) is 20.2 Å². The molecule has 0 spiro atoms. The Labute approximate surface area is 112 Å². The van der Waals surface area contributed by atoms with Gasteiger partial charge in [0.05, 0.1) is 12.7 Å². The molecule has 102 valence electrons. The molecule has 0 atom stereocenters. The summed E-state index contributed by atoms with van der Waals surface area (Å²) < 4.78 is 5.20. The van der Waals surface area contributed by atoms with Gasteiger partial charge in [0.15, 0.2) is 0 Å². The number of piperidine rings is 1. The summed E-state index contributed by atoms with van der Waals surface area (Å²) in [4.78, 5) is 25.2. The molecule has 1 aromatic carbocycles. The molecule has 0 saturated carbocycles. The fraction of sp³-hybridized carbons (Fsp3) is 0.429. The van der Waals surface area contributed by atoms with E-state index >= 15 is 0 Å². The predicted octanol–water partition coefficient (Wildman–Crippen LogP) is 1.03. The maximum Gasteiger partial charge on any atom is 0.257 e. The number of nitrogens with two attached hydrogens (primary N) is 1. The Balaban J connectivity index is 2.07. The molecule has 1 fully saturated rings. The number of carbonyl (C=O) groups is 2. The highest BCUT2D eigenvalue weighted by Crippen LogP contribution is 2.23. The molecular weight excluding hydrogens is 244 g/mol. The zero-order chi connectivity index (χ0) is 13.8. The van der Waals surface area contributed by atoms with Gasteiger partial charge in [-0.1, -0.05) is 12.1 Å². The summed E-state index contributed by atoms with van der Waals surface area (Å²) in [7, 11) is 1.55. The number of amides is 2. The Kier molecular flexibility index (Phi) is 4.04. The second-order valence-corrected chi connectivity index (χ2v) is 4.67. The number of primary amides is 1. The molecule has 0 aliphatic carbocycles. The number of para-hydroxylation sites is 1. The van der Waals surface area contributed by atoms with Crippen LogP contribution in [0.1, 0.15) is 23.2 Å². The van der Waals surface area contributed by atoms with Gasteiger partial charge >= 0.3 is 0 Å². The molecule has 1 heterocycles. The third kappa shape index (κ3) is 2.86. The number of rotatable bonds is 3. The lowest BCUT2D eigenvalue weighted by Gasteiger charge is -2.30. The minimum Gasteiger partial charge on any atom is -0.496 e. The first kappa shape index (κ1) is 13.4. The van der Waals surface area contributed by atoms with Crippen LogP contribution in [0.25, 0.3) is 0 Å². The summed E-state index contributed by atoms with van der Waals surface area (Å²) >= 11 is 0. The van der Waals surface area contributed by atoms with Gasteiger partial charge in [0.25, 0.3) is 5.91 Å². The molecule has 1 aliphatic rings. The highest BCUT2D eigenvalue weighted by atomic mass is 16.5. The van der Waals surface area contributed by atoms with Gasteiger partial charge in [-0.2, -0.15) is 0 Å². The van der Waals surface area contributed by atoms with Gasteiger partial charge < -0.3 is 15.4 Å². The summed E-state index contributed by atoms with van der Waals surface area (Å²) in [5, 5.41) is 0. The molecule has 0 unspecified atom stereocenters. The van der Waals surface area contributed by atoms with Crippen molar-refractivity contribution in [3.05, 3.63) is 29.8 Å². The van der Waals surface area contributed by atoms with E-state index < -0.39 is 0 Å². The van der Waals surface area contributed by atoms with Crippen LogP contribution in [0.15, 0.2) is 24.3 Å². The molecule has 1 aromatic rings. The average Bonchev–Trinajstić information content (AvgIpc) is 2.46. The van der Waals surface area contributed by atoms with Crippen LogP contribution < -0.4 is 10.5 Å². The minimum absolute atomic E-state index is 0.0552. The maximum absolute atomic E-state index is 12.4. The largest absolute Gasteiger partial charge is 0.496 e. The van der Waals surface area contributed by atoms with Crippen molar-refractivity contribution >= 4 is 11.8 Å². The zero-order valence-corrected chi connectivity index (χ0v) is 11.0. The molecule has 2 N–H and O–H groups in total. The first-order valence-corrected chi connectivity index (χ1v) is 6.35. The second-order valence-electron chi connectivity index (χ2n) is 4.67. The fourth-order valence-electron chi connectivity index (χ4n) is 2.36. The van der Waals surface area contributed by atoms with Crippen LogP contribution in [0.2, 0.25) is 0 Å². The van der Waals surface area contributed by atoms with E-state index in [9.17, 15) is 9.59 Å². The van der Waals surface area contributed by atoms with Gasteiger partial charge in [0.2, 0.25) is 5.91 Å². The standard InChI is InChI=1S/C14H18N2O3/c1-19-12-5-3-2-4-11(12)14(18)16-8-6-10(7-9-16)13(15)17/h2-5,10H,6-9H2,1H3,(H2,15,17). The van der Waals surface area contributed by atoms with Crippen molar-refractivity contribution in [2.24, 2.45) is 11.7 Å². The molecular formula is C14H18N2O3. The summed E-state index contributed by atoms with van der Waals surface area (Å²) in [6, 6.07) is 7.16. The molecule has 1 saturated heterocycles. The van der Waals surface area contributed by atoms with E-state index in [-0.39, 0.29) is 17.7 Å². The number of hydrogen-bond donors (Lipinski definition) is 1. The number of ether oxygens (including phenoxy) is 1. The Morgan fingerprint density at radius 2 is 1.89 bits per heavy atom. The van der Waals surface area contributed by atoms with E-state index in [1.165, 1.54) is 0 Å². The van der Waals surface area contributed by atoms with Crippen molar-refractivity contribution in [1.29, 1.82) is 0 Å². The van der Waals surface area contributed by atoms with Gasteiger partial charge in [-0.15, -0.1) is 0 Å². The number of hydrogen-bond acceptors (Lipinski definition) is 3. The summed E-state index contributed by atoms with van der Waals surface area (Å²) in [5.41, 5.74) is 5.84. The average molecular weight is 262 g/mol. The van der Waals surface area contributed by atoms with Crippen LogP contribution in [0.3, 0.4) is 0 Å². The van der Waals surface area contributed by atoms with E-state index in [0.717, 1.165) is 0 Å². The van der Waals surface area contributed by atoms with Crippen LogP contribution in [0, 0.1) is 5.92 Å². The number of carbonyl (C=O) groups excluding carboxylic acids is 2. The monoisotopic (exact) mass is 262 g/mol. The third-order valence-corrected chi connectivity index (χ3v) is 3.52. The Bertz CT molecular complexity index is 479. The Morgan fingerprint density at radius 1 is 1.26 bits per heavy atom. The predicted molar refractivity (Wildman–Crippen MR) is 70.8 cm³/mol. The van der Waals surface area contributed by atoms with Crippen molar-refractivity contribution in [1.82, 2.24) is 4.90 Å². The normalized spacial score (nSPS) is 16.2. The number of likely N-dealkylation sites (tertiary alicyclic amines) is 1. The lowest BCUT2D eigenvalue weighted by atomic mass is 9.96. The van der Waals surface area contributed by atoms with Gasteiger partial charge in [-0.25, -0.2) is 0 Å². The topological polar surface area (TPSA) is 72.6 Å². The smallest absolute Gasteiger partial charge is 0.257 e. The molecule has 0 aromatic heterocycles. The lowest BCUT2D eigenvalue weighted by molar-refractivity contribution is -0.123. The van der Waals surface area contributed by atoms with Crippen LogP contribution in [0.5, 0.6) is 5.75 Å². The molecule has 2 amide bonds. The summed E-state index contributed by atoms with van der Waals surface area (Å²) in [6.45, 7) is 1.12. The Hall–Kier alpha value is -2.04. The van der Waals surface area contributed by atoms with E-state index in [2.05, 4.69) is 0 Å². The van der Waals surface area contributed by atoms with Gasteiger partial charge in [-0.05, 0) is 25.0 Å². The van der Waals surface area contributed by atoms with Crippen molar-refractivity contribution < 1.29 is 14.3 Å². The van der Waals surface area contributed by atoms with Crippen LogP contribution in [-0.2, 0) is 4.79 Å². The lowest BCUT2D eigenvalue weighted by Crippen LogP contribution is -2.41. The molecule has 1 aliphatic heterocycles. The molecule has 5 heteroatoms.